The summed E-state index contributed by atoms with van der Waals surface area (Å²) in [7, 11) is 3.20. The van der Waals surface area contributed by atoms with Crippen molar-refractivity contribution in [3.63, 3.8) is 0 Å². The van der Waals surface area contributed by atoms with E-state index in [1.165, 1.54) is 11.8 Å². The maximum Gasteiger partial charge on any atom is 0.360 e. The molecule has 0 fully saturated rings. The van der Waals surface area contributed by atoms with Crippen molar-refractivity contribution in [3.8, 4) is 5.88 Å². The van der Waals surface area contributed by atoms with Crippen LogP contribution in [0.25, 0.3) is 0 Å². The highest BCUT2D eigenvalue weighted by molar-refractivity contribution is 9.10. The van der Waals surface area contributed by atoms with E-state index in [4.69, 9.17) is 9.47 Å². The molecular formula is C8H11BrN2O3. The summed E-state index contributed by atoms with van der Waals surface area (Å²) in [6.07, 6.45) is 0. The summed E-state index contributed by atoms with van der Waals surface area (Å²) in [5.41, 5.74) is 0.228. The van der Waals surface area contributed by atoms with Gasteiger partial charge in [-0.2, -0.15) is 5.10 Å². The maximum atomic E-state index is 11.4. The number of carbonyl (C=O) groups is 1. The van der Waals surface area contributed by atoms with E-state index < -0.39 is 5.97 Å². The van der Waals surface area contributed by atoms with Gasteiger partial charge in [0.2, 0.25) is 5.88 Å². The van der Waals surface area contributed by atoms with Crippen LogP contribution >= 0.6 is 15.9 Å². The zero-order valence-corrected chi connectivity index (χ0v) is 9.79. The van der Waals surface area contributed by atoms with E-state index >= 15 is 0 Å². The minimum atomic E-state index is -0.460. The number of aryl methyl sites for hydroxylation is 1. The van der Waals surface area contributed by atoms with Crippen molar-refractivity contribution in [1.29, 1.82) is 0 Å². The van der Waals surface area contributed by atoms with Crippen LogP contribution in [-0.4, -0.2) is 29.5 Å². The first-order valence-electron chi connectivity index (χ1n) is 4.05. The number of halogens is 1. The summed E-state index contributed by atoms with van der Waals surface area (Å²) in [5.74, 6) is 0.0336. The molecule has 14 heavy (non-hydrogen) atoms. The van der Waals surface area contributed by atoms with Crippen molar-refractivity contribution < 1.29 is 14.3 Å². The summed E-state index contributed by atoms with van der Waals surface area (Å²) in [4.78, 5) is 11.4. The Labute approximate surface area is 90.1 Å². The molecule has 0 spiro atoms. The Morgan fingerprint density at radius 3 is 2.71 bits per heavy atom. The quantitative estimate of drug-likeness (QED) is 0.773. The molecule has 0 amide bonds. The van der Waals surface area contributed by atoms with Gasteiger partial charge in [-0.3, -0.25) is 0 Å². The number of ether oxygens (including phenoxy) is 2. The highest BCUT2D eigenvalue weighted by Crippen LogP contribution is 2.27. The van der Waals surface area contributed by atoms with Gasteiger partial charge >= 0.3 is 5.97 Å². The van der Waals surface area contributed by atoms with Gasteiger partial charge in [0, 0.05) is 7.05 Å². The molecule has 0 saturated carbocycles. The molecule has 78 valence electrons. The fraction of sp³-hybridized carbons (Fsp3) is 0.500. The minimum Gasteiger partial charge on any atom is -0.480 e. The second-order valence-corrected chi connectivity index (χ2v) is 3.31. The molecule has 0 atom stereocenters. The van der Waals surface area contributed by atoms with Gasteiger partial charge in [0.1, 0.15) is 4.47 Å². The number of rotatable bonds is 3. The van der Waals surface area contributed by atoms with Crippen LogP contribution in [0.1, 0.15) is 17.4 Å². The van der Waals surface area contributed by atoms with Gasteiger partial charge in [-0.1, -0.05) is 0 Å². The molecule has 0 unspecified atom stereocenters. The molecule has 5 nitrogen and oxygen atoms in total. The summed E-state index contributed by atoms with van der Waals surface area (Å²) < 4.78 is 11.8. The van der Waals surface area contributed by atoms with Crippen LogP contribution in [0.5, 0.6) is 5.88 Å². The molecule has 0 radical (unpaired) electrons. The Kier molecular flexibility index (Phi) is 3.51. The average Bonchev–Trinajstić information content (AvgIpc) is 2.42. The molecule has 1 aromatic rings. The minimum absolute atomic E-state index is 0.228. The van der Waals surface area contributed by atoms with Crippen LogP contribution in [0.2, 0.25) is 0 Å². The molecular weight excluding hydrogens is 252 g/mol. The predicted octanol–water partition coefficient (Wildman–Crippen LogP) is 1.37. The molecule has 0 aliphatic rings. The molecule has 0 N–H and O–H groups in total. The molecule has 0 aromatic carbocycles. The van der Waals surface area contributed by atoms with Crippen LogP contribution in [-0.2, 0) is 11.8 Å². The number of nitrogens with zero attached hydrogens (tertiary/aromatic N) is 2. The van der Waals surface area contributed by atoms with Crippen molar-refractivity contribution in [2.45, 2.75) is 6.92 Å². The second-order valence-electron chi connectivity index (χ2n) is 2.52. The van der Waals surface area contributed by atoms with E-state index in [-0.39, 0.29) is 5.69 Å². The zero-order chi connectivity index (χ0) is 10.7. The molecule has 6 heteroatoms. The zero-order valence-electron chi connectivity index (χ0n) is 8.20. The molecule has 0 aliphatic carbocycles. The lowest BCUT2D eigenvalue weighted by atomic mass is 10.4. The lowest BCUT2D eigenvalue weighted by Gasteiger charge is -1.98. The lowest BCUT2D eigenvalue weighted by molar-refractivity contribution is 0.0517. The Balaban J connectivity index is 3.04. The standard InChI is InChI=1S/C8H11BrN2O3/c1-4-14-8(12)6-5(9)7(13-3)11(2)10-6/h4H2,1-3H3. The number of hydrogen-bond donors (Lipinski definition) is 0. The predicted molar refractivity (Wildman–Crippen MR) is 53.4 cm³/mol. The molecule has 1 rings (SSSR count). The van der Waals surface area contributed by atoms with E-state index in [1.807, 2.05) is 0 Å². The van der Waals surface area contributed by atoms with Gasteiger partial charge in [-0.15, -0.1) is 0 Å². The fourth-order valence-electron chi connectivity index (χ4n) is 1.03. The van der Waals surface area contributed by atoms with Crippen molar-refractivity contribution in [1.82, 2.24) is 9.78 Å². The van der Waals surface area contributed by atoms with E-state index in [9.17, 15) is 4.79 Å². The van der Waals surface area contributed by atoms with Gasteiger partial charge < -0.3 is 9.47 Å². The number of methoxy groups -OCH3 is 1. The number of aromatic nitrogens is 2. The lowest BCUT2D eigenvalue weighted by Crippen LogP contribution is -2.06. The van der Waals surface area contributed by atoms with E-state index in [1.54, 1.807) is 14.0 Å². The van der Waals surface area contributed by atoms with Crippen LogP contribution < -0.4 is 4.74 Å². The SMILES string of the molecule is CCOC(=O)c1nn(C)c(OC)c1Br. The normalized spacial score (nSPS) is 10.0. The first kappa shape index (κ1) is 11.0. The Morgan fingerprint density at radius 2 is 2.29 bits per heavy atom. The van der Waals surface area contributed by atoms with Crippen LogP contribution in [0.15, 0.2) is 4.47 Å². The van der Waals surface area contributed by atoms with Crippen molar-refractivity contribution in [3.05, 3.63) is 10.2 Å². The third-order valence-corrected chi connectivity index (χ3v) is 2.32. The van der Waals surface area contributed by atoms with Crippen LogP contribution in [0.4, 0.5) is 0 Å². The number of esters is 1. The Bertz CT molecular complexity index is 349. The first-order valence-corrected chi connectivity index (χ1v) is 4.84. The fourth-order valence-corrected chi connectivity index (χ4v) is 1.69. The maximum absolute atomic E-state index is 11.4. The highest BCUT2D eigenvalue weighted by Gasteiger charge is 2.21. The third kappa shape index (κ3) is 1.89. The molecule has 0 saturated heterocycles. The van der Waals surface area contributed by atoms with E-state index in [2.05, 4.69) is 21.0 Å². The third-order valence-electron chi connectivity index (χ3n) is 1.60. The molecule has 0 aliphatic heterocycles. The second kappa shape index (κ2) is 4.45. The van der Waals surface area contributed by atoms with Crippen LogP contribution in [0, 0.1) is 0 Å². The summed E-state index contributed by atoms with van der Waals surface area (Å²) in [6, 6.07) is 0. The first-order chi connectivity index (χ1) is 6.61. The average molecular weight is 263 g/mol. The van der Waals surface area contributed by atoms with Gasteiger partial charge in [-0.25, -0.2) is 9.48 Å². The topological polar surface area (TPSA) is 53.3 Å². The number of hydrogen-bond acceptors (Lipinski definition) is 4. The van der Waals surface area contributed by atoms with Crippen molar-refractivity contribution >= 4 is 21.9 Å². The van der Waals surface area contributed by atoms with E-state index in [0.29, 0.717) is 17.0 Å². The van der Waals surface area contributed by atoms with Gasteiger partial charge in [0.15, 0.2) is 5.69 Å². The Hall–Kier alpha value is -1.04. The molecule has 1 aromatic heterocycles. The van der Waals surface area contributed by atoms with Gasteiger partial charge in [0.25, 0.3) is 0 Å². The number of carbonyl (C=O) groups excluding carboxylic acids is 1. The van der Waals surface area contributed by atoms with Gasteiger partial charge in [0.05, 0.1) is 13.7 Å². The van der Waals surface area contributed by atoms with Crippen molar-refractivity contribution in [2.75, 3.05) is 13.7 Å². The molecule has 1 heterocycles. The Morgan fingerprint density at radius 1 is 1.64 bits per heavy atom. The summed E-state index contributed by atoms with van der Waals surface area (Å²) in [6.45, 7) is 2.07. The largest absolute Gasteiger partial charge is 0.480 e. The van der Waals surface area contributed by atoms with Crippen LogP contribution in [0.3, 0.4) is 0 Å². The highest BCUT2D eigenvalue weighted by atomic mass is 79.9. The van der Waals surface area contributed by atoms with Crippen molar-refractivity contribution in [2.24, 2.45) is 7.05 Å². The van der Waals surface area contributed by atoms with E-state index in [0.717, 1.165) is 0 Å². The summed E-state index contributed by atoms with van der Waals surface area (Å²) in [5, 5.41) is 3.97. The summed E-state index contributed by atoms with van der Waals surface area (Å²) >= 11 is 3.22. The molecule has 0 bridgehead atoms. The smallest absolute Gasteiger partial charge is 0.360 e. The monoisotopic (exact) mass is 262 g/mol. The van der Waals surface area contributed by atoms with Gasteiger partial charge in [-0.05, 0) is 22.9 Å².